The van der Waals surface area contributed by atoms with E-state index in [9.17, 15) is 4.79 Å². The molecule has 6 nitrogen and oxygen atoms in total. The van der Waals surface area contributed by atoms with Crippen molar-refractivity contribution in [1.82, 2.24) is 19.9 Å². The van der Waals surface area contributed by atoms with Crippen LogP contribution in [0.4, 0.5) is 5.13 Å². The van der Waals surface area contributed by atoms with Crippen LogP contribution in [0.5, 0.6) is 0 Å². The summed E-state index contributed by atoms with van der Waals surface area (Å²) in [4.78, 5) is 18.2. The third-order valence-electron chi connectivity index (χ3n) is 2.68. The van der Waals surface area contributed by atoms with Crippen LogP contribution in [0, 0.1) is 6.92 Å². The molecule has 0 fully saturated rings. The molecule has 1 aliphatic rings. The Bertz CT molecular complexity index is 567. The largest absolute Gasteiger partial charge is 0.311 e. The van der Waals surface area contributed by atoms with Crippen molar-refractivity contribution in [3.8, 4) is 0 Å². The van der Waals surface area contributed by atoms with Crippen molar-refractivity contribution < 1.29 is 4.79 Å². The number of aromatic nitrogens is 3. The van der Waals surface area contributed by atoms with Gasteiger partial charge in [0, 0.05) is 24.4 Å². The van der Waals surface area contributed by atoms with Crippen LogP contribution < -0.4 is 10.6 Å². The first-order valence-electron chi connectivity index (χ1n) is 5.53. The summed E-state index contributed by atoms with van der Waals surface area (Å²) in [5.41, 5.74) is 1.74. The van der Waals surface area contributed by atoms with Crippen LogP contribution in [0.3, 0.4) is 0 Å². The Morgan fingerprint density at radius 1 is 1.50 bits per heavy atom. The highest BCUT2D eigenvalue weighted by Gasteiger charge is 2.18. The standard InChI is InChI=1S/C10H11N5OS2/c1-5-8(18-15-14-5)9(16)13-10-12-6-2-3-11-4-7(6)17-10/h11H,2-4H2,1H3,(H,12,13,16). The molecular weight excluding hydrogens is 270 g/mol. The van der Waals surface area contributed by atoms with Gasteiger partial charge in [0.15, 0.2) is 5.13 Å². The fourth-order valence-corrected chi connectivity index (χ4v) is 3.30. The fraction of sp³-hybridized carbons (Fsp3) is 0.400. The third kappa shape index (κ3) is 2.14. The van der Waals surface area contributed by atoms with Gasteiger partial charge in [0.1, 0.15) is 4.88 Å². The molecular formula is C10H11N5OS2. The second kappa shape index (κ2) is 4.71. The minimum atomic E-state index is -0.179. The van der Waals surface area contributed by atoms with Crippen molar-refractivity contribution >= 4 is 33.9 Å². The maximum absolute atomic E-state index is 12.0. The summed E-state index contributed by atoms with van der Waals surface area (Å²) in [5, 5.41) is 10.6. The van der Waals surface area contributed by atoms with E-state index in [2.05, 4.69) is 25.2 Å². The van der Waals surface area contributed by atoms with E-state index in [1.54, 1.807) is 6.92 Å². The van der Waals surface area contributed by atoms with Crippen molar-refractivity contribution in [2.45, 2.75) is 19.9 Å². The van der Waals surface area contributed by atoms with Crippen molar-refractivity contribution in [2.75, 3.05) is 11.9 Å². The number of carbonyl (C=O) groups is 1. The molecule has 1 aliphatic heterocycles. The van der Waals surface area contributed by atoms with E-state index in [0.717, 1.165) is 36.7 Å². The highest BCUT2D eigenvalue weighted by Crippen LogP contribution is 2.26. The number of rotatable bonds is 2. The third-order valence-corrected chi connectivity index (χ3v) is 4.52. The van der Waals surface area contributed by atoms with Crippen LogP contribution in [0.25, 0.3) is 0 Å². The maximum atomic E-state index is 12.0. The minimum Gasteiger partial charge on any atom is -0.311 e. The Morgan fingerprint density at radius 2 is 2.39 bits per heavy atom. The smallest absolute Gasteiger partial charge is 0.271 e. The summed E-state index contributed by atoms with van der Waals surface area (Å²) < 4.78 is 3.75. The molecule has 0 aliphatic carbocycles. The molecule has 3 rings (SSSR count). The fourth-order valence-electron chi connectivity index (χ4n) is 1.77. The highest BCUT2D eigenvalue weighted by atomic mass is 32.1. The van der Waals surface area contributed by atoms with Gasteiger partial charge in [-0.25, -0.2) is 4.98 Å². The quantitative estimate of drug-likeness (QED) is 0.864. The predicted molar refractivity (Wildman–Crippen MR) is 70.1 cm³/mol. The first kappa shape index (κ1) is 11.7. The molecule has 0 aromatic carbocycles. The highest BCUT2D eigenvalue weighted by molar-refractivity contribution is 7.16. The molecule has 2 N–H and O–H groups in total. The molecule has 0 saturated heterocycles. The Labute approximate surface area is 112 Å². The van der Waals surface area contributed by atoms with Crippen molar-refractivity contribution in [1.29, 1.82) is 0 Å². The Hall–Kier alpha value is -1.38. The number of hydrogen-bond donors (Lipinski definition) is 2. The number of carbonyl (C=O) groups excluding carboxylic acids is 1. The first-order valence-corrected chi connectivity index (χ1v) is 7.12. The lowest BCUT2D eigenvalue weighted by Gasteiger charge is -2.09. The van der Waals surface area contributed by atoms with E-state index in [-0.39, 0.29) is 5.91 Å². The Morgan fingerprint density at radius 3 is 3.11 bits per heavy atom. The normalized spacial score (nSPS) is 14.3. The van der Waals surface area contributed by atoms with Gasteiger partial charge < -0.3 is 5.32 Å². The second-order valence-electron chi connectivity index (χ2n) is 3.96. The topological polar surface area (TPSA) is 79.8 Å². The van der Waals surface area contributed by atoms with E-state index in [4.69, 9.17) is 0 Å². The number of aryl methyl sites for hydroxylation is 1. The monoisotopic (exact) mass is 281 g/mol. The zero-order chi connectivity index (χ0) is 12.5. The maximum Gasteiger partial charge on any atom is 0.271 e. The molecule has 0 saturated carbocycles. The zero-order valence-corrected chi connectivity index (χ0v) is 11.3. The minimum absolute atomic E-state index is 0.179. The van der Waals surface area contributed by atoms with Crippen molar-refractivity contribution in [2.24, 2.45) is 0 Å². The zero-order valence-electron chi connectivity index (χ0n) is 9.69. The molecule has 0 atom stereocenters. The number of anilines is 1. The van der Waals surface area contributed by atoms with Crippen LogP contribution in [-0.4, -0.2) is 27.0 Å². The van der Waals surface area contributed by atoms with Crippen LogP contribution >= 0.6 is 22.9 Å². The lowest BCUT2D eigenvalue weighted by Crippen LogP contribution is -2.22. The molecule has 94 valence electrons. The van der Waals surface area contributed by atoms with Crippen molar-refractivity contribution in [3.63, 3.8) is 0 Å². The van der Waals surface area contributed by atoms with Crippen molar-refractivity contribution in [3.05, 3.63) is 21.1 Å². The Balaban J connectivity index is 1.79. The summed E-state index contributed by atoms with van der Waals surface area (Å²) in [5.74, 6) is -0.179. The summed E-state index contributed by atoms with van der Waals surface area (Å²) in [6.45, 7) is 3.56. The summed E-state index contributed by atoms with van der Waals surface area (Å²) in [7, 11) is 0. The van der Waals surface area contributed by atoms with E-state index >= 15 is 0 Å². The van der Waals surface area contributed by atoms with Crippen LogP contribution in [-0.2, 0) is 13.0 Å². The summed E-state index contributed by atoms with van der Waals surface area (Å²) >= 11 is 2.63. The van der Waals surface area contributed by atoms with Gasteiger partial charge in [-0.15, -0.1) is 16.4 Å². The first-order chi connectivity index (χ1) is 8.74. The molecule has 3 heterocycles. The van der Waals surface area contributed by atoms with Gasteiger partial charge >= 0.3 is 0 Å². The molecule has 0 radical (unpaired) electrons. The van der Waals surface area contributed by atoms with E-state index < -0.39 is 0 Å². The lowest BCUT2D eigenvalue weighted by atomic mass is 10.2. The molecule has 18 heavy (non-hydrogen) atoms. The molecule has 1 amide bonds. The number of amides is 1. The van der Waals surface area contributed by atoms with E-state index in [1.165, 1.54) is 16.2 Å². The SMILES string of the molecule is Cc1nnsc1C(=O)Nc1nc2c(s1)CNCC2. The molecule has 0 spiro atoms. The van der Waals surface area contributed by atoms with Gasteiger partial charge in [-0.3, -0.25) is 10.1 Å². The van der Waals surface area contributed by atoms with E-state index in [0.29, 0.717) is 15.7 Å². The van der Waals surface area contributed by atoms with Crippen LogP contribution in [0.15, 0.2) is 0 Å². The number of nitrogens with zero attached hydrogens (tertiary/aromatic N) is 3. The molecule has 2 aromatic heterocycles. The van der Waals surface area contributed by atoms with Crippen LogP contribution in [0.1, 0.15) is 25.9 Å². The summed E-state index contributed by atoms with van der Waals surface area (Å²) in [6.07, 6.45) is 0.919. The number of thiazole rings is 1. The number of hydrogen-bond acceptors (Lipinski definition) is 7. The van der Waals surface area contributed by atoms with Gasteiger partial charge in [-0.05, 0) is 18.5 Å². The number of fused-ring (bicyclic) bond motifs is 1. The molecule has 2 aromatic rings. The molecule has 0 bridgehead atoms. The second-order valence-corrected chi connectivity index (χ2v) is 5.80. The van der Waals surface area contributed by atoms with Gasteiger partial charge in [0.2, 0.25) is 0 Å². The van der Waals surface area contributed by atoms with Crippen LogP contribution in [0.2, 0.25) is 0 Å². The van der Waals surface area contributed by atoms with Gasteiger partial charge in [0.05, 0.1) is 11.4 Å². The molecule has 0 unspecified atom stereocenters. The van der Waals surface area contributed by atoms with Gasteiger partial charge in [0.25, 0.3) is 5.91 Å². The number of nitrogens with one attached hydrogen (secondary N) is 2. The average molecular weight is 281 g/mol. The van der Waals surface area contributed by atoms with Gasteiger partial charge in [-0.2, -0.15) is 0 Å². The summed E-state index contributed by atoms with van der Waals surface area (Å²) in [6, 6.07) is 0. The average Bonchev–Trinajstić information content (AvgIpc) is 2.94. The van der Waals surface area contributed by atoms with Gasteiger partial charge in [-0.1, -0.05) is 4.49 Å². The lowest BCUT2D eigenvalue weighted by molar-refractivity contribution is 0.103. The Kier molecular flexibility index (Phi) is 3.06. The van der Waals surface area contributed by atoms with E-state index in [1.807, 2.05) is 0 Å². The molecule has 8 heteroatoms. The predicted octanol–water partition coefficient (Wildman–Crippen LogP) is 1.20.